The summed E-state index contributed by atoms with van der Waals surface area (Å²) < 4.78 is 0. The highest BCUT2D eigenvalue weighted by Gasteiger charge is 2.22. The summed E-state index contributed by atoms with van der Waals surface area (Å²) in [5.74, 6) is -0.101. The molecule has 1 N–H and O–H groups in total. The number of anilines is 2. The van der Waals surface area contributed by atoms with E-state index in [0.717, 1.165) is 23.4 Å². The molecule has 146 valence electrons. The molecule has 0 spiro atoms. The first-order valence-corrected chi connectivity index (χ1v) is 9.78. The van der Waals surface area contributed by atoms with E-state index in [0.29, 0.717) is 25.1 Å². The fourth-order valence-electron chi connectivity index (χ4n) is 3.49. The second-order valence-electron chi connectivity index (χ2n) is 7.05. The lowest BCUT2D eigenvalue weighted by Crippen LogP contribution is -2.42. The molecule has 0 aliphatic carbocycles. The van der Waals surface area contributed by atoms with Gasteiger partial charge in [-0.2, -0.15) is 0 Å². The predicted molar refractivity (Wildman–Crippen MR) is 115 cm³/mol. The Bertz CT molecular complexity index is 989. The van der Waals surface area contributed by atoms with Crippen LogP contribution >= 0.6 is 0 Å². The van der Waals surface area contributed by atoms with Crippen molar-refractivity contribution in [1.29, 1.82) is 0 Å². The van der Waals surface area contributed by atoms with E-state index in [-0.39, 0.29) is 11.8 Å². The van der Waals surface area contributed by atoms with E-state index in [1.807, 2.05) is 77.8 Å². The molecule has 4 rings (SSSR count). The summed E-state index contributed by atoms with van der Waals surface area (Å²) in [4.78, 5) is 26.8. The number of nitrogens with one attached hydrogen (secondary N) is 1. The molecule has 5 heteroatoms. The van der Waals surface area contributed by atoms with Gasteiger partial charge in [0.15, 0.2) is 0 Å². The summed E-state index contributed by atoms with van der Waals surface area (Å²) in [6, 6.07) is 27.0. The van der Waals surface area contributed by atoms with Gasteiger partial charge in [-0.15, -0.1) is 0 Å². The molecule has 5 nitrogen and oxygen atoms in total. The zero-order valence-corrected chi connectivity index (χ0v) is 16.1. The van der Waals surface area contributed by atoms with E-state index in [1.165, 1.54) is 0 Å². The van der Waals surface area contributed by atoms with Crippen LogP contribution in [0.1, 0.15) is 28.8 Å². The molecule has 0 saturated carbocycles. The third-order valence-corrected chi connectivity index (χ3v) is 4.98. The predicted octanol–water partition coefficient (Wildman–Crippen LogP) is 4.17. The third kappa shape index (κ3) is 4.46. The van der Waals surface area contributed by atoms with Crippen LogP contribution in [0, 0.1) is 0 Å². The minimum Gasteiger partial charge on any atom is -0.312 e. The van der Waals surface area contributed by atoms with Crippen molar-refractivity contribution in [2.75, 3.05) is 16.5 Å². The van der Waals surface area contributed by atoms with Crippen molar-refractivity contribution in [3.63, 3.8) is 0 Å². The Labute approximate surface area is 170 Å². The van der Waals surface area contributed by atoms with Gasteiger partial charge in [-0.25, -0.2) is 0 Å². The van der Waals surface area contributed by atoms with Crippen LogP contribution in [0.25, 0.3) is 0 Å². The zero-order valence-electron chi connectivity index (χ0n) is 16.1. The van der Waals surface area contributed by atoms with Crippen LogP contribution in [0.2, 0.25) is 0 Å². The summed E-state index contributed by atoms with van der Waals surface area (Å²) in [5, 5.41) is 1.84. The molecule has 0 bridgehead atoms. The maximum Gasteiger partial charge on any atom is 0.269 e. The van der Waals surface area contributed by atoms with Crippen LogP contribution < -0.4 is 15.3 Å². The molecule has 29 heavy (non-hydrogen) atoms. The molecule has 0 atom stereocenters. The quantitative estimate of drug-likeness (QED) is 0.648. The topological polar surface area (TPSA) is 52.7 Å². The summed E-state index contributed by atoms with van der Waals surface area (Å²) in [5.41, 5.74) is 6.30. The molecule has 3 aromatic rings. The minimum atomic E-state index is -0.210. The van der Waals surface area contributed by atoms with Crippen molar-refractivity contribution in [3.8, 4) is 0 Å². The van der Waals surface area contributed by atoms with Gasteiger partial charge in [-0.1, -0.05) is 54.6 Å². The van der Waals surface area contributed by atoms with Gasteiger partial charge in [0, 0.05) is 24.2 Å². The van der Waals surface area contributed by atoms with Crippen molar-refractivity contribution in [3.05, 3.63) is 96.1 Å². The summed E-state index contributed by atoms with van der Waals surface area (Å²) in [6.07, 6.45) is 1.42. The second-order valence-corrected chi connectivity index (χ2v) is 7.05. The van der Waals surface area contributed by atoms with Crippen molar-refractivity contribution in [2.24, 2.45) is 0 Å². The largest absolute Gasteiger partial charge is 0.312 e. The Balaban J connectivity index is 1.56. The van der Waals surface area contributed by atoms with E-state index in [2.05, 4.69) is 5.43 Å². The highest BCUT2D eigenvalue weighted by atomic mass is 16.2. The maximum atomic E-state index is 13.0. The van der Waals surface area contributed by atoms with Gasteiger partial charge in [0.1, 0.15) is 0 Å². The number of carbonyl (C=O) groups excluding carboxylic acids is 2. The summed E-state index contributed by atoms with van der Waals surface area (Å²) in [6.45, 7) is 1.24. The average Bonchev–Trinajstić information content (AvgIpc) is 3.20. The number of hydrogen-bond acceptors (Lipinski definition) is 3. The molecule has 1 saturated heterocycles. The second kappa shape index (κ2) is 8.61. The molecule has 1 aliphatic heterocycles. The van der Waals surface area contributed by atoms with E-state index >= 15 is 0 Å². The number of benzene rings is 3. The van der Waals surface area contributed by atoms with Gasteiger partial charge >= 0.3 is 0 Å². The number of rotatable bonds is 6. The van der Waals surface area contributed by atoms with E-state index in [9.17, 15) is 9.59 Å². The molecule has 0 unspecified atom stereocenters. The van der Waals surface area contributed by atoms with Gasteiger partial charge in [0.25, 0.3) is 5.91 Å². The van der Waals surface area contributed by atoms with Crippen LogP contribution in [0.15, 0.2) is 84.9 Å². The Hall–Kier alpha value is -3.60. The lowest BCUT2D eigenvalue weighted by Gasteiger charge is -2.26. The van der Waals surface area contributed by atoms with Crippen LogP contribution in [-0.4, -0.2) is 18.4 Å². The molecular formula is C24H23N3O2. The van der Waals surface area contributed by atoms with Gasteiger partial charge < -0.3 is 4.90 Å². The number of nitrogens with zero attached hydrogens (tertiary/aromatic N) is 2. The smallest absolute Gasteiger partial charge is 0.269 e. The fraction of sp³-hybridized carbons (Fsp3) is 0.167. The first-order valence-electron chi connectivity index (χ1n) is 9.78. The third-order valence-electron chi connectivity index (χ3n) is 4.98. The van der Waals surface area contributed by atoms with Gasteiger partial charge in [0.05, 0.1) is 12.2 Å². The first-order chi connectivity index (χ1) is 14.2. The van der Waals surface area contributed by atoms with E-state index in [4.69, 9.17) is 0 Å². The van der Waals surface area contributed by atoms with Gasteiger partial charge in [-0.3, -0.25) is 20.0 Å². The highest BCUT2D eigenvalue weighted by molar-refractivity contribution is 5.99. The number of amides is 2. The van der Waals surface area contributed by atoms with Crippen LogP contribution in [0.5, 0.6) is 0 Å². The van der Waals surface area contributed by atoms with Crippen molar-refractivity contribution in [1.82, 2.24) is 5.43 Å². The number of carbonyl (C=O) groups is 2. The van der Waals surface area contributed by atoms with Crippen molar-refractivity contribution < 1.29 is 9.59 Å². The Morgan fingerprint density at radius 3 is 2.34 bits per heavy atom. The van der Waals surface area contributed by atoms with Crippen LogP contribution in [0.3, 0.4) is 0 Å². The van der Waals surface area contributed by atoms with Crippen LogP contribution in [0.4, 0.5) is 11.4 Å². The summed E-state index contributed by atoms with van der Waals surface area (Å²) >= 11 is 0. The number of para-hydroxylation sites is 1. The molecule has 2 amide bonds. The van der Waals surface area contributed by atoms with Crippen molar-refractivity contribution in [2.45, 2.75) is 19.4 Å². The van der Waals surface area contributed by atoms with Crippen molar-refractivity contribution >= 4 is 23.2 Å². The monoisotopic (exact) mass is 385 g/mol. The molecule has 0 aromatic heterocycles. The number of hydrogen-bond donors (Lipinski definition) is 1. The highest BCUT2D eigenvalue weighted by Crippen LogP contribution is 2.22. The number of hydrazine groups is 1. The first kappa shape index (κ1) is 18.7. The lowest BCUT2D eigenvalue weighted by molar-refractivity contribution is -0.117. The Morgan fingerprint density at radius 1 is 0.931 bits per heavy atom. The molecule has 3 aromatic carbocycles. The Kier molecular flexibility index (Phi) is 5.56. The fourth-order valence-corrected chi connectivity index (χ4v) is 3.49. The minimum absolute atomic E-state index is 0.109. The molecule has 1 aliphatic rings. The SMILES string of the molecule is O=C(NN(Cc1ccccc1)c1ccccc1)c1cccc(N2CCCC2=O)c1. The van der Waals surface area contributed by atoms with Gasteiger partial charge in [-0.05, 0) is 42.3 Å². The van der Waals surface area contributed by atoms with Crippen LogP contribution in [-0.2, 0) is 11.3 Å². The normalized spacial score (nSPS) is 13.4. The molecule has 1 heterocycles. The summed E-state index contributed by atoms with van der Waals surface area (Å²) in [7, 11) is 0. The standard InChI is InChI=1S/C24H23N3O2/c28-23-15-8-16-26(23)22-14-7-11-20(17-22)24(29)25-27(21-12-5-2-6-13-21)18-19-9-3-1-4-10-19/h1-7,9-14,17H,8,15-16,18H2,(H,25,29). The van der Waals surface area contributed by atoms with E-state index in [1.54, 1.807) is 17.0 Å². The molecular weight excluding hydrogens is 362 g/mol. The molecule has 1 fully saturated rings. The zero-order chi connectivity index (χ0) is 20.1. The average molecular weight is 385 g/mol. The van der Waals surface area contributed by atoms with E-state index < -0.39 is 0 Å². The van der Waals surface area contributed by atoms with Gasteiger partial charge in [0.2, 0.25) is 5.91 Å². The Morgan fingerprint density at radius 2 is 1.66 bits per heavy atom. The maximum absolute atomic E-state index is 13.0. The lowest BCUT2D eigenvalue weighted by atomic mass is 10.1. The molecule has 0 radical (unpaired) electrons.